The van der Waals surface area contributed by atoms with Crippen LogP contribution in [0, 0.1) is 0 Å². The van der Waals surface area contributed by atoms with Gasteiger partial charge in [-0.3, -0.25) is 4.79 Å². The van der Waals surface area contributed by atoms with Crippen LogP contribution in [0.2, 0.25) is 0 Å². The maximum absolute atomic E-state index is 11.5. The van der Waals surface area contributed by atoms with Crippen molar-refractivity contribution in [3.05, 3.63) is 18.2 Å². The number of aryl methyl sites for hydroxylation is 1. The first-order valence-corrected chi connectivity index (χ1v) is 4.49. The summed E-state index contributed by atoms with van der Waals surface area (Å²) in [7, 11) is 4.83. The van der Waals surface area contributed by atoms with Crippen LogP contribution in [-0.2, 0) is 16.5 Å². The topological polar surface area (TPSA) is 65.4 Å². The highest BCUT2D eigenvalue weighted by atomic mass is 16.7. The van der Waals surface area contributed by atoms with Crippen LogP contribution in [0.5, 0.6) is 0 Å². The van der Waals surface area contributed by atoms with Gasteiger partial charge >= 0.3 is 0 Å². The molecule has 84 valence electrons. The Morgan fingerprint density at radius 1 is 1.60 bits per heavy atom. The van der Waals surface area contributed by atoms with E-state index < -0.39 is 6.29 Å². The quantitative estimate of drug-likeness (QED) is 0.686. The standard InChI is InChI=1S/C9H15N3O3/c1-12-5-7(11-6-12)9(13)10-4-8(14-2)15-3/h5-6,8H,4H2,1-3H3,(H,10,13). The van der Waals surface area contributed by atoms with E-state index in [1.165, 1.54) is 14.2 Å². The molecule has 0 saturated heterocycles. The first-order chi connectivity index (χ1) is 7.17. The molecule has 0 aromatic carbocycles. The zero-order chi connectivity index (χ0) is 11.3. The summed E-state index contributed by atoms with van der Waals surface area (Å²) >= 11 is 0. The van der Waals surface area contributed by atoms with Crippen molar-refractivity contribution >= 4 is 5.91 Å². The highest BCUT2D eigenvalue weighted by Crippen LogP contribution is 1.94. The lowest BCUT2D eigenvalue weighted by molar-refractivity contribution is -0.0974. The molecule has 0 aliphatic heterocycles. The van der Waals surface area contributed by atoms with E-state index in [4.69, 9.17) is 9.47 Å². The summed E-state index contributed by atoms with van der Waals surface area (Å²) in [6.07, 6.45) is 2.78. The fourth-order valence-electron chi connectivity index (χ4n) is 1.06. The molecule has 1 aromatic rings. The molecule has 0 aliphatic rings. The molecule has 0 bridgehead atoms. The van der Waals surface area contributed by atoms with Gasteiger partial charge in [-0.15, -0.1) is 0 Å². The average molecular weight is 213 g/mol. The summed E-state index contributed by atoms with van der Waals surface area (Å²) in [5.74, 6) is -0.241. The van der Waals surface area contributed by atoms with E-state index >= 15 is 0 Å². The fraction of sp³-hybridized carbons (Fsp3) is 0.556. The number of ether oxygens (including phenoxy) is 2. The van der Waals surface area contributed by atoms with Gasteiger partial charge in [0.2, 0.25) is 0 Å². The van der Waals surface area contributed by atoms with Crippen molar-refractivity contribution in [1.29, 1.82) is 0 Å². The van der Waals surface area contributed by atoms with Crippen molar-refractivity contribution in [3.8, 4) is 0 Å². The minimum absolute atomic E-state index is 0.241. The van der Waals surface area contributed by atoms with Gasteiger partial charge in [0.1, 0.15) is 5.69 Å². The summed E-state index contributed by atoms with van der Waals surface area (Å²) < 4.78 is 11.6. The molecule has 1 heterocycles. The monoisotopic (exact) mass is 213 g/mol. The van der Waals surface area contributed by atoms with E-state index in [0.29, 0.717) is 12.2 Å². The van der Waals surface area contributed by atoms with Gasteiger partial charge in [0.05, 0.1) is 12.9 Å². The third-order valence-corrected chi connectivity index (χ3v) is 1.89. The smallest absolute Gasteiger partial charge is 0.271 e. The molecule has 1 N–H and O–H groups in total. The lowest BCUT2D eigenvalue weighted by Gasteiger charge is -2.13. The normalized spacial score (nSPS) is 10.7. The predicted octanol–water partition coefficient (Wildman–Crippen LogP) is -0.231. The second-order valence-electron chi connectivity index (χ2n) is 3.04. The second kappa shape index (κ2) is 5.47. The van der Waals surface area contributed by atoms with Crippen LogP contribution in [0.3, 0.4) is 0 Å². The molecule has 0 fully saturated rings. The van der Waals surface area contributed by atoms with Crippen molar-refractivity contribution < 1.29 is 14.3 Å². The van der Waals surface area contributed by atoms with Crippen LogP contribution in [0.1, 0.15) is 10.5 Å². The molecule has 0 aliphatic carbocycles. The Hall–Kier alpha value is -1.40. The third kappa shape index (κ3) is 3.34. The van der Waals surface area contributed by atoms with E-state index in [1.807, 2.05) is 0 Å². The Bertz CT molecular complexity index is 320. The van der Waals surface area contributed by atoms with Crippen molar-refractivity contribution in [2.45, 2.75) is 6.29 Å². The van der Waals surface area contributed by atoms with Crippen molar-refractivity contribution in [3.63, 3.8) is 0 Å². The molecule has 6 nitrogen and oxygen atoms in total. The molecule has 0 radical (unpaired) electrons. The molecule has 1 amide bonds. The predicted molar refractivity (Wildman–Crippen MR) is 53.3 cm³/mol. The maximum Gasteiger partial charge on any atom is 0.271 e. The van der Waals surface area contributed by atoms with Gasteiger partial charge in [0, 0.05) is 27.5 Å². The summed E-state index contributed by atoms with van der Waals surface area (Å²) in [4.78, 5) is 15.4. The van der Waals surface area contributed by atoms with Gasteiger partial charge in [-0.25, -0.2) is 4.98 Å². The second-order valence-corrected chi connectivity index (χ2v) is 3.04. The molecule has 0 unspecified atom stereocenters. The Morgan fingerprint density at radius 2 is 2.27 bits per heavy atom. The number of aromatic nitrogens is 2. The first-order valence-electron chi connectivity index (χ1n) is 4.49. The minimum atomic E-state index is -0.433. The molecular formula is C9H15N3O3. The zero-order valence-corrected chi connectivity index (χ0v) is 9.06. The lowest BCUT2D eigenvalue weighted by Crippen LogP contribution is -2.34. The Morgan fingerprint density at radius 3 is 2.73 bits per heavy atom. The number of hydrogen-bond donors (Lipinski definition) is 1. The number of imidazole rings is 1. The summed E-state index contributed by atoms with van der Waals surface area (Å²) in [5, 5.41) is 2.65. The SMILES string of the molecule is COC(CNC(=O)c1cn(C)cn1)OC. The van der Waals surface area contributed by atoms with Crippen molar-refractivity contribution in [2.24, 2.45) is 7.05 Å². The fourth-order valence-corrected chi connectivity index (χ4v) is 1.06. The number of hydrogen-bond acceptors (Lipinski definition) is 4. The molecule has 1 aromatic heterocycles. The first kappa shape index (κ1) is 11.7. The highest BCUT2D eigenvalue weighted by molar-refractivity contribution is 5.91. The lowest BCUT2D eigenvalue weighted by atomic mass is 10.4. The van der Waals surface area contributed by atoms with Gasteiger partial charge in [0.25, 0.3) is 5.91 Å². The third-order valence-electron chi connectivity index (χ3n) is 1.89. The molecule has 15 heavy (non-hydrogen) atoms. The number of carbonyl (C=O) groups is 1. The zero-order valence-electron chi connectivity index (χ0n) is 9.06. The molecule has 0 spiro atoms. The largest absolute Gasteiger partial charge is 0.354 e. The average Bonchev–Trinajstić information content (AvgIpc) is 2.66. The Labute approximate surface area is 88.2 Å². The van der Waals surface area contributed by atoms with Crippen LogP contribution in [0.25, 0.3) is 0 Å². The number of rotatable bonds is 5. The van der Waals surface area contributed by atoms with Gasteiger partial charge < -0.3 is 19.4 Å². The Balaban J connectivity index is 2.42. The number of nitrogens with one attached hydrogen (secondary N) is 1. The van der Waals surface area contributed by atoms with E-state index in [2.05, 4.69) is 10.3 Å². The molecule has 1 rings (SSSR count). The van der Waals surface area contributed by atoms with Gasteiger partial charge in [0.15, 0.2) is 6.29 Å². The minimum Gasteiger partial charge on any atom is -0.354 e. The summed E-state index contributed by atoms with van der Waals surface area (Å²) in [5.41, 5.74) is 0.378. The number of nitrogens with zero attached hydrogens (tertiary/aromatic N) is 2. The molecule has 6 heteroatoms. The number of carbonyl (C=O) groups excluding carboxylic acids is 1. The van der Waals surface area contributed by atoms with Crippen LogP contribution in [0.15, 0.2) is 12.5 Å². The molecule has 0 atom stereocenters. The summed E-state index contributed by atoms with van der Waals surface area (Å²) in [6.45, 7) is 0.294. The number of amides is 1. The van der Waals surface area contributed by atoms with Crippen LogP contribution >= 0.6 is 0 Å². The summed E-state index contributed by atoms with van der Waals surface area (Å²) in [6, 6.07) is 0. The van der Waals surface area contributed by atoms with Crippen LogP contribution < -0.4 is 5.32 Å². The highest BCUT2D eigenvalue weighted by Gasteiger charge is 2.11. The van der Waals surface area contributed by atoms with Crippen molar-refractivity contribution in [2.75, 3.05) is 20.8 Å². The van der Waals surface area contributed by atoms with Crippen molar-refractivity contribution in [1.82, 2.24) is 14.9 Å². The van der Waals surface area contributed by atoms with Crippen LogP contribution in [-0.4, -0.2) is 42.5 Å². The van der Waals surface area contributed by atoms with Gasteiger partial charge in [-0.05, 0) is 0 Å². The van der Waals surface area contributed by atoms with E-state index in [-0.39, 0.29) is 5.91 Å². The molecule has 0 saturated carbocycles. The maximum atomic E-state index is 11.5. The Kier molecular flexibility index (Phi) is 4.26. The van der Waals surface area contributed by atoms with E-state index in [9.17, 15) is 4.79 Å². The van der Waals surface area contributed by atoms with E-state index in [0.717, 1.165) is 0 Å². The molecular weight excluding hydrogens is 198 g/mol. The van der Waals surface area contributed by atoms with E-state index in [1.54, 1.807) is 24.1 Å². The number of methoxy groups -OCH3 is 2. The van der Waals surface area contributed by atoms with Gasteiger partial charge in [-0.2, -0.15) is 0 Å². The van der Waals surface area contributed by atoms with Gasteiger partial charge in [-0.1, -0.05) is 0 Å². The van der Waals surface area contributed by atoms with Crippen LogP contribution in [0.4, 0.5) is 0 Å².